The Balaban J connectivity index is 1.40. The van der Waals surface area contributed by atoms with Crippen molar-refractivity contribution in [2.45, 2.75) is 12.5 Å². The predicted octanol–water partition coefficient (Wildman–Crippen LogP) is 2.81. The molecule has 5 rings (SSSR count). The Bertz CT molecular complexity index is 1150. The Kier molecular flexibility index (Phi) is 3.64. The van der Waals surface area contributed by atoms with Gasteiger partial charge in [-0.05, 0) is 36.8 Å². The van der Waals surface area contributed by atoms with Crippen molar-refractivity contribution < 1.29 is 28.3 Å². The Morgan fingerprint density at radius 2 is 1.90 bits per heavy atom. The second-order valence-electron chi connectivity index (χ2n) is 7.09. The average Bonchev–Trinajstić information content (AvgIpc) is 3.41. The minimum Gasteiger partial charge on any atom is -0.454 e. The summed E-state index contributed by atoms with van der Waals surface area (Å²) >= 11 is 0. The van der Waals surface area contributed by atoms with Crippen molar-refractivity contribution in [3.8, 4) is 11.5 Å². The van der Waals surface area contributed by atoms with Gasteiger partial charge in [-0.25, -0.2) is 4.79 Å². The number of carbonyl (C=O) groups excluding carboxylic acids is 3. The van der Waals surface area contributed by atoms with E-state index < -0.39 is 29.8 Å². The molecular weight excluding hydrogens is 376 g/mol. The quantitative estimate of drug-likeness (QED) is 0.542. The molecule has 0 saturated carbocycles. The number of para-hydroxylation sites is 1. The normalized spacial score (nSPS) is 20.4. The third kappa shape index (κ3) is 2.64. The number of fused-ring (bicyclic) bond motifs is 2. The van der Waals surface area contributed by atoms with Crippen LogP contribution in [-0.4, -0.2) is 36.0 Å². The highest BCUT2D eigenvalue weighted by Gasteiger charge is 2.50. The molecule has 1 aromatic heterocycles. The number of hydrogen-bond acceptors (Lipinski definition) is 6. The Labute approximate surface area is 165 Å². The van der Waals surface area contributed by atoms with Gasteiger partial charge in [-0.1, -0.05) is 24.3 Å². The number of benzene rings is 2. The zero-order valence-corrected chi connectivity index (χ0v) is 15.4. The molecule has 2 aliphatic rings. The van der Waals surface area contributed by atoms with Crippen molar-refractivity contribution in [2.75, 3.05) is 13.3 Å². The van der Waals surface area contributed by atoms with Crippen LogP contribution in [0.4, 0.5) is 4.79 Å². The largest absolute Gasteiger partial charge is 0.454 e. The second kappa shape index (κ2) is 6.10. The summed E-state index contributed by atoms with van der Waals surface area (Å²) in [7, 11) is 0. The van der Waals surface area contributed by atoms with E-state index in [4.69, 9.17) is 13.9 Å². The number of Topliss-reactive ketones (excluding diaryl/α,β-unsaturated/α-hetero) is 1. The summed E-state index contributed by atoms with van der Waals surface area (Å²) in [6.45, 7) is 1.29. The van der Waals surface area contributed by atoms with Crippen LogP contribution in [0.3, 0.4) is 0 Å². The molecule has 0 spiro atoms. The molecule has 3 heterocycles. The second-order valence-corrected chi connectivity index (χ2v) is 7.09. The number of imide groups is 1. The summed E-state index contributed by atoms with van der Waals surface area (Å²) in [5, 5.41) is 3.46. The monoisotopic (exact) mass is 392 g/mol. The number of ether oxygens (including phenoxy) is 2. The van der Waals surface area contributed by atoms with Gasteiger partial charge < -0.3 is 19.2 Å². The lowest BCUT2D eigenvalue weighted by Crippen LogP contribution is -2.41. The number of urea groups is 1. The Morgan fingerprint density at radius 3 is 2.72 bits per heavy atom. The van der Waals surface area contributed by atoms with E-state index in [0.717, 1.165) is 10.3 Å². The molecule has 146 valence electrons. The number of carbonyl (C=O) groups is 3. The number of rotatable bonds is 4. The summed E-state index contributed by atoms with van der Waals surface area (Å²) < 4.78 is 16.2. The lowest BCUT2D eigenvalue weighted by Gasteiger charge is -2.22. The van der Waals surface area contributed by atoms with E-state index in [1.807, 2.05) is 12.1 Å². The van der Waals surface area contributed by atoms with E-state index in [9.17, 15) is 14.4 Å². The number of furan rings is 1. The van der Waals surface area contributed by atoms with Crippen LogP contribution >= 0.6 is 0 Å². The molecule has 1 unspecified atom stereocenters. The highest BCUT2D eigenvalue weighted by atomic mass is 16.7. The van der Waals surface area contributed by atoms with Gasteiger partial charge in [0.05, 0.1) is 6.54 Å². The SMILES string of the molecule is CC1(c2ccc3c(c2)OCO3)NC(=O)N(CC(=O)c2cc3ccccc3o2)C1=O. The van der Waals surface area contributed by atoms with Crippen LogP contribution in [0.25, 0.3) is 11.0 Å². The molecule has 2 aliphatic heterocycles. The van der Waals surface area contributed by atoms with Crippen LogP contribution in [0.5, 0.6) is 11.5 Å². The first-order chi connectivity index (χ1) is 14.0. The van der Waals surface area contributed by atoms with Gasteiger partial charge >= 0.3 is 6.03 Å². The van der Waals surface area contributed by atoms with Gasteiger partial charge in [-0.3, -0.25) is 14.5 Å². The zero-order chi connectivity index (χ0) is 20.2. The van der Waals surface area contributed by atoms with Crippen LogP contribution in [-0.2, 0) is 10.3 Å². The zero-order valence-electron chi connectivity index (χ0n) is 15.4. The molecule has 1 saturated heterocycles. The fraction of sp³-hybridized carbons (Fsp3) is 0.190. The number of ketones is 1. The number of nitrogens with one attached hydrogen (secondary N) is 1. The van der Waals surface area contributed by atoms with Crippen molar-refractivity contribution in [1.29, 1.82) is 0 Å². The van der Waals surface area contributed by atoms with Crippen LogP contribution in [0.15, 0.2) is 52.9 Å². The average molecular weight is 392 g/mol. The third-order valence-corrected chi connectivity index (χ3v) is 5.23. The first kappa shape index (κ1) is 17.3. The maximum absolute atomic E-state index is 13.1. The van der Waals surface area contributed by atoms with Crippen molar-refractivity contribution in [1.82, 2.24) is 10.2 Å². The molecule has 1 fully saturated rings. The summed E-state index contributed by atoms with van der Waals surface area (Å²) in [6.07, 6.45) is 0. The van der Waals surface area contributed by atoms with E-state index in [0.29, 0.717) is 22.6 Å². The minimum atomic E-state index is -1.31. The molecule has 29 heavy (non-hydrogen) atoms. The smallest absolute Gasteiger partial charge is 0.325 e. The van der Waals surface area contributed by atoms with Crippen molar-refractivity contribution in [3.63, 3.8) is 0 Å². The summed E-state index contributed by atoms with van der Waals surface area (Å²) in [5.74, 6) is 0.197. The highest BCUT2D eigenvalue weighted by molar-refractivity contribution is 6.11. The first-order valence-corrected chi connectivity index (χ1v) is 9.02. The predicted molar refractivity (Wildman–Crippen MR) is 101 cm³/mol. The van der Waals surface area contributed by atoms with Crippen LogP contribution in [0.2, 0.25) is 0 Å². The lowest BCUT2D eigenvalue weighted by atomic mass is 9.91. The van der Waals surface area contributed by atoms with Gasteiger partial charge in [0.2, 0.25) is 12.6 Å². The molecule has 0 aliphatic carbocycles. The maximum Gasteiger partial charge on any atom is 0.325 e. The summed E-state index contributed by atoms with van der Waals surface area (Å²) in [6, 6.07) is 13.2. The third-order valence-electron chi connectivity index (χ3n) is 5.23. The molecule has 0 radical (unpaired) electrons. The Morgan fingerprint density at radius 1 is 1.10 bits per heavy atom. The molecule has 0 bridgehead atoms. The van der Waals surface area contributed by atoms with E-state index in [-0.39, 0.29) is 12.6 Å². The van der Waals surface area contributed by atoms with Crippen LogP contribution in [0.1, 0.15) is 23.0 Å². The molecule has 3 amide bonds. The van der Waals surface area contributed by atoms with Crippen LogP contribution in [0, 0.1) is 0 Å². The molecule has 8 heteroatoms. The molecule has 1 N–H and O–H groups in total. The first-order valence-electron chi connectivity index (χ1n) is 9.02. The van der Waals surface area contributed by atoms with E-state index in [1.165, 1.54) is 0 Å². The highest BCUT2D eigenvalue weighted by Crippen LogP contribution is 2.37. The molecule has 3 aromatic rings. The fourth-order valence-corrected chi connectivity index (χ4v) is 3.58. The van der Waals surface area contributed by atoms with Crippen molar-refractivity contribution in [2.24, 2.45) is 0 Å². The van der Waals surface area contributed by atoms with Crippen molar-refractivity contribution >= 4 is 28.7 Å². The lowest BCUT2D eigenvalue weighted by molar-refractivity contribution is -0.130. The number of nitrogens with zero attached hydrogens (tertiary/aromatic N) is 1. The number of hydrogen-bond donors (Lipinski definition) is 1. The van der Waals surface area contributed by atoms with Gasteiger partial charge in [-0.15, -0.1) is 0 Å². The minimum absolute atomic E-state index is 0.100. The maximum atomic E-state index is 13.1. The van der Waals surface area contributed by atoms with Gasteiger partial charge in [-0.2, -0.15) is 0 Å². The van der Waals surface area contributed by atoms with Gasteiger partial charge in [0, 0.05) is 5.39 Å². The summed E-state index contributed by atoms with van der Waals surface area (Å²) in [4.78, 5) is 39.1. The standard InChI is InChI=1S/C21H16N2O6/c1-21(13-6-7-16-18(9-13)28-11-27-16)19(25)23(20(26)22-21)10-14(24)17-8-12-4-2-3-5-15(12)29-17/h2-9H,10-11H2,1H3,(H,22,26). The molecular formula is C21H16N2O6. The Hall–Kier alpha value is -3.81. The van der Waals surface area contributed by atoms with E-state index >= 15 is 0 Å². The van der Waals surface area contributed by atoms with E-state index in [2.05, 4.69) is 5.32 Å². The topological polar surface area (TPSA) is 98.1 Å². The number of amides is 3. The molecule has 8 nitrogen and oxygen atoms in total. The molecule has 2 aromatic carbocycles. The molecule has 1 atom stereocenters. The van der Waals surface area contributed by atoms with E-state index in [1.54, 1.807) is 43.3 Å². The van der Waals surface area contributed by atoms with Gasteiger partial charge in [0.1, 0.15) is 11.1 Å². The van der Waals surface area contributed by atoms with Crippen LogP contribution < -0.4 is 14.8 Å². The summed E-state index contributed by atoms with van der Waals surface area (Å²) in [5.41, 5.74) is -0.205. The fourth-order valence-electron chi connectivity index (χ4n) is 3.58. The van der Waals surface area contributed by atoms with Crippen molar-refractivity contribution in [3.05, 3.63) is 59.9 Å². The van der Waals surface area contributed by atoms with Gasteiger partial charge in [0.15, 0.2) is 17.3 Å². The van der Waals surface area contributed by atoms with Gasteiger partial charge in [0.25, 0.3) is 5.91 Å².